The zero-order valence-electron chi connectivity index (χ0n) is 9.34. The van der Waals surface area contributed by atoms with Gasteiger partial charge in [0, 0.05) is 6.04 Å². The number of nitrogens with one attached hydrogen (secondary N) is 1. The molecule has 0 saturated heterocycles. The number of rotatable bonds is 4. The van der Waals surface area contributed by atoms with Crippen LogP contribution in [0.2, 0.25) is 0 Å². The smallest absolute Gasteiger partial charge is 0.311 e. The van der Waals surface area contributed by atoms with Gasteiger partial charge in [0.05, 0.1) is 5.41 Å². The molecule has 0 spiro atoms. The minimum atomic E-state index is -0.955. The van der Waals surface area contributed by atoms with E-state index >= 15 is 0 Å². The minimum absolute atomic E-state index is 0.464. The Labute approximate surface area is 97.5 Å². The number of halogens is 2. The standard InChI is InChI=1S/C12H13F2NO2/c1-15-10(12(4-5-12)11(16)17)7-2-3-8(13)9(14)6-7/h2-3,6,10,15H,4-5H2,1H3,(H,16,17). The van der Waals surface area contributed by atoms with Gasteiger partial charge < -0.3 is 10.4 Å². The van der Waals surface area contributed by atoms with Crippen molar-refractivity contribution in [3.63, 3.8) is 0 Å². The first-order valence-corrected chi connectivity index (χ1v) is 5.37. The molecule has 1 unspecified atom stereocenters. The highest BCUT2D eigenvalue weighted by atomic mass is 19.2. The Bertz CT molecular complexity index is 458. The lowest BCUT2D eigenvalue weighted by atomic mass is 9.90. The van der Waals surface area contributed by atoms with Crippen LogP contribution < -0.4 is 5.32 Å². The first-order valence-electron chi connectivity index (χ1n) is 5.37. The monoisotopic (exact) mass is 241 g/mol. The number of carbonyl (C=O) groups is 1. The Balaban J connectivity index is 2.36. The van der Waals surface area contributed by atoms with Gasteiger partial charge in [-0.2, -0.15) is 0 Å². The third-order valence-corrected chi connectivity index (χ3v) is 3.33. The number of benzene rings is 1. The SMILES string of the molecule is CNC(c1ccc(F)c(F)c1)C1(C(=O)O)CC1. The molecule has 92 valence electrons. The molecule has 1 aromatic carbocycles. The number of aliphatic carboxylic acids is 1. The van der Waals surface area contributed by atoms with E-state index in [2.05, 4.69) is 5.32 Å². The van der Waals surface area contributed by atoms with Crippen molar-refractivity contribution in [1.29, 1.82) is 0 Å². The van der Waals surface area contributed by atoms with Crippen LogP contribution in [0.5, 0.6) is 0 Å². The highest BCUT2D eigenvalue weighted by Gasteiger charge is 2.56. The summed E-state index contributed by atoms with van der Waals surface area (Å²) in [6.45, 7) is 0. The van der Waals surface area contributed by atoms with E-state index in [0.717, 1.165) is 12.1 Å². The van der Waals surface area contributed by atoms with Crippen LogP contribution in [0.25, 0.3) is 0 Å². The molecule has 1 fully saturated rings. The van der Waals surface area contributed by atoms with E-state index in [4.69, 9.17) is 0 Å². The Hall–Kier alpha value is -1.49. The summed E-state index contributed by atoms with van der Waals surface area (Å²) in [5.74, 6) is -2.78. The minimum Gasteiger partial charge on any atom is -0.481 e. The molecular weight excluding hydrogens is 228 g/mol. The van der Waals surface area contributed by atoms with Crippen LogP contribution in [-0.4, -0.2) is 18.1 Å². The summed E-state index contributed by atoms with van der Waals surface area (Å²) in [6.07, 6.45) is 1.10. The molecule has 1 aliphatic rings. The van der Waals surface area contributed by atoms with E-state index in [1.54, 1.807) is 7.05 Å². The van der Waals surface area contributed by atoms with Crippen LogP contribution in [0.4, 0.5) is 8.78 Å². The summed E-state index contributed by atoms with van der Waals surface area (Å²) in [5, 5.41) is 12.1. The Morgan fingerprint density at radius 2 is 2.06 bits per heavy atom. The first kappa shape index (κ1) is 12.0. The molecule has 1 saturated carbocycles. The van der Waals surface area contributed by atoms with Crippen LogP contribution in [0.15, 0.2) is 18.2 Å². The molecule has 0 amide bonds. The van der Waals surface area contributed by atoms with Crippen molar-refractivity contribution < 1.29 is 18.7 Å². The Morgan fingerprint density at radius 1 is 1.41 bits per heavy atom. The predicted molar refractivity (Wildman–Crippen MR) is 57.5 cm³/mol. The van der Waals surface area contributed by atoms with Crippen LogP contribution >= 0.6 is 0 Å². The van der Waals surface area contributed by atoms with Crippen molar-refractivity contribution in [1.82, 2.24) is 5.32 Å². The van der Waals surface area contributed by atoms with E-state index in [1.807, 2.05) is 0 Å². The van der Waals surface area contributed by atoms with Gasteiger partial charge in [-0.3, -0.25) is 4.79 Å². The average Bonchev–Trinajstić information content (AvgIpc) is 3.06. The lowest BCUT2D eigenvalue weighted by molar-refractivity contribution is -0.144. The molecular formula is C12H13F2NO2. The average molecular weight is 241 g/mol. The van der Waals surface area contributed by atoms with Crippen molar-refractivity contribution in [3.05, 3.63) is 35.4 Å². The van der Waals surface area contributed by atoms with Crippen LogP contribution in [0.1, 0.15) is 24.4 Å². The van der Waals surface area contributed by atoms with Gasteiger partial charge in [-0.25, -0.2) is 8.78 Å². The summed E-state index contributed by atoms with van der Waals surface area (Å²) in [7, 11) is 1.62. The largest absolute Gasteiger partial charge is 0.481 e. The van der Waals surface area contributed by atoms with Crippen molar-refractivity contribution in [2.45, 2.75) is 18.9 Å². The quantitative estimate of drug-likeness (QED) is 0.848. The molecule has 1 aliphatic carbocycles. The molecule has 0 heterocycles. The number of hydrogen-bond donors (Lipinski definition) is 2. The lowest BCUT2D eigenvalue weighted by Gasteiger charge is -2.23. The van der Waals surface area contributed by atoms with Gasteiger partial charge in [-0.1, -0.05) is 6.07 Å². The Morgan fingerprint density at radius 3 is 2.47 bits per heavy atom. The van der Waals surface area contributed by atoms with Gasteiger partial charge in [0.2, 0.25) is 0 Å². The molecule has 1 atom stereocenters. The number of carboxylic acid groups (broad SMARTS) is 1. The molecule has 0 aromatic heterocycles. The van der Waals surface area contributed by atoms with E-state index < -0.39 is 29.1 Å². The number of hydrogen-bond acceptors (Lipinski definition) is 2. The second-order valence-electron chi connectivity index (χ2n) is 4.36. The lowest BCUT2D eigenvalue weighted by Crippen LogP contribution is -2.32. The van der Waals surface area contributed by atoms with E-state index in [-0.39, 0.29) is 0 Å². The van der Waals surface area contributed by atoms with Gasteiger partial charge in [-0.05, 0) is 37.6 Å². The zero-order valence-corrected chi connectivity index (χ0v) is 9.34. The van der Waals surface area contributed by atoms with Crippen LogP contribution in [-0.2, 0) is 4.79 Å². The fourth-order valence-corrected chi connectivity index (χ4v) is 2.21. The number of carboxylic acids is 1. The van der Waals surface area contributed by atoms with E-state index in [0.29, 0.717) is 18.4 Å². The molecule has 0 radical (unpaired) electrons. The fourth-order valence-electron chi connectivity index (χ4n) is 2.21. The van der Waals surface area contributed by atoms with Crippen molar-refractivity contribution in [2.75, 3.05) is 7.05 Å². The summed E-state index contributed by atoms with van der Waals surface area (Å²) < 4.78 is 26.0. The molecule has 5 heteroatoms. The van der Waals surface area contributed by atoms with Gasteiger partial charge in [0.1, 0.15) is 0 Å². The molecule has 17 heavy (non-hydrogen) atoms. The van der Waals surface area contributed by atoms with Crippen LogP contribution in [0.3, 0.4) is 0 Å². The highest BCUT2D eigenvalue weighted by Crippen LogP contribution is 2.55. The van der Waals surface area contributed by atoms with E-state index in [1.165, 1.54) is 6.07 Å². The van der Waals surface area contributed by atoms with Crippen molar-refractivity contribution in [3.8, 4) is 0 Å². The molecule has 0 bridgehead atoms. The second kappa shape index (κ2) is 4.07. The van der Waals surface area contributed by atoms with Gasteiger partial charge in [0.15, 0.2) is 11.6 Å². The highest BCUT2D eigenvalue weighted by molar-refractivity contribution is 5.79. The molecule has 0 aliphatic heterocycles. The van der Waals surface area contributed by atoms with Crippen molar-refractivity contribution >= 4 is 5.97 Å². The summed E-state index contributed by atoms with van der Waals surface area (Å²) in [6, 6.07) is 3.00. The third kappa shape index (κ3) is 1.91. The maximum Gasteiger partial charge on any atom is 0.311 e. The topological polar surface area (TPSA) is 49.3 Å². The maximum absolute atomic E-state index is 13.1. The Kier molecular flexibility index (Phi) is 2.87. The normalized spacial score (nSPS) is 18.8. The fraction of sp³-hybridized carbons (Fsp3) is 0.417. The summed E-state index contributed by atoms with van der Waals surface area (Å²) >= 11 is 0. The third-order valence-electron chi connectivity index (χ3n) is 3.33. The second-order valence-corrected chi connectivity index (χ2v) is 4.36. The predicted octanol–water partition coefficient (Wildman–Crippen LogP) is 2.09. The molecule has 2 N–H and O–H groups in total. The molecule has 3 nitrogen and oxygen atoms in total. The van der Waals surface area contributed by atoms with Crippen molar-refractivity contribution in [2.24, 2.45) is 5.41 Å². The zero-order chi connectivity index (χ0) is 12.6. The first-order chi connectivity index (χ1) is 8.01. The van der Waals surface area contributed by atoms with Crippen LogP contribution in [0, 0.1) is 17.0 Å². The van der Waals surface area contributed by atoms with Gasteiger partial charge >= 0.3 is 5.97 Å². The van der Waals surface area contributed by atoms with E-state index in [9.17, 15) is 18.7 Å². The summed E-state index contributed by atoms with van der Waals surface area (Å²) in [4.78, 5) is 11.2. The van der Waals surface area contributed by atoms with Gasteiger partial charge in [0.25, 0.3) is 0 Å². The molecule has 2 rings (SSSR count). The van der Waals surface area contributed by atoms with Gasteiger partial charge in [-0.15, -0.1) is 0 Å². The summed E-state index contributed by atoms with van der Waals surface area (Å²) in [5.41, 5.74) is -0.412. The maximum atomic E-state index is 13.1. The molecule has 1 aromatic rings.